The number of carbonyl (C=O) groups excluding carboxylic acids is 2. The first-order valence-electron chi connectivity index (χ1n) is 9.65. The zero-order chi connectivity index (χ0) is 21.8. The number of hydrogen-bond donors (Lipinski definition) is 0. The molecule has 0 fully saturated rings. The van der Waals surface area contributed by atoms with Crippen molar-refractivity contribution >= 4 is 23.2 Å². The zero-order valence-electron chi connectivity index (χ0n) is 16.8. The number of benzene rings is 2. The number of halogens is 1. The number of esters is 1. The SMILES string of the molecule is CN(Cc1cccc(F)c1)C(=O)COC(=O)c1ccc(-c2ccc3c(c2)OCCO3)s1. The number of amides is 1. The average molecular weight is 441 g/mol. The maximum absolute atomic E-state index is 13.3. The number of carbonyl (C=O) groups is 2. The lowest BCUT2D eigenvalue weighted by Gasteiger charge is -2.18. The van der Waals surface area contributed by atoms with E-state index in [4.69, 9.17) is 14.2 Å². The van der Waals surface area contributed by atoms with E-state index in [9.17, 15) is 14.0 Å². The molecular weight excluding hydrogens is 421 g/mol. The number of ether oxygens (including phenoxy) is 3. The van der Waals surface area contributed by atoms with Crippen LogP contribution in [0.1, 0.15) is 15.2 Å². The lowest BCUT2D eigenvalue weighted by molar-refractivity contribution is -0.133. The van der Waals surface area contributed by atoms with E-state index in [1.54, 1.807) is 25.2 Å². The largest absolute Gasteiger partial charge is 0.486 e. The molecule has 3 aromatic rings. The molecule has 0 saturated heterocycles. The minimum absolute atomic E-state index is 0.224. The van der Waals surface area contributed by atoms with Gasteiger partial charge in [-0.2, -0.15) is 0 Å². The Morgan fingerprint density at radius 3 is 2.68 bits per heavy atom. The van der Waals surface area contributed by atoms with E-state index in [0.717, 1.165) is 10.4 Å². The molecular formula is C23H20FNO5S. The summed E-state index contributed by atoms with van der Waals surface area (Å²) in [5.41, 5.74) is 1.56. The summed E-state index contributed by atoms with van der Waals surface area (Å²) in [5.74, 6) is 0.0686. The fourth-order valence-corrected chi connectivity index (χ4v) is 4.00. The lowest BCUT2D eigenvalue weighted by Crippen LogP contribution is -2.30. The summed E-state index contributed by atoms with van der Waals surface area (Å²) in [7, 11) is 1.58. The predicted octanol–water partition coefficient (Wildman–Crippen LogP) is 4.14. The van der Waals surface area contributed by atoms with E-state index in [1.165, 1.54) is 28.4 Å². The highest BCUT2D eigenvalue weighted by Crippen LogP contribution is 2.37. The molecule has 0 spiro atoms. The first kappa shape index (κ1) is 20.9. The van der Waals surface area contributed by atoms with Gasteiger partial charge in [0.2, 0.25) is 0 Å². The first-order chi connectivity index (χ1) is 15.0. The van der Waals surface area contributed by atoms with Crippen LogP contribution in [0.2, 0.25) is 0 Å². The van der Waals surface area contributed by atoms with Crippen LogP contribution in [-0.4, -0.2) is 43.6 Å². The molecule has 2 aromatic carbocycles. The maximum atomic E-state index is 13.3. The highest BCUT2D eigenvalue weighted by Gasteiger charge is 2.18. The molecule has 8 heteroatoms. The second-order valence-corrected chi connectivity index (χ2v) is 8.06. The Balaban J connectivity index is 1.34. The van der Waals surface area contributed by atoms with Crippen molar-refractivity contribution in [2.45, 2.75) is 6.54 Å². The van der Waals surface area contributed by atoms with E-state index >= 15 is 0 Å². The molecule has 6 nitrogen and oxygen atoms in total. The Kier molecular flexibility index (Phi) is 6.18. The monoisotopic (exact) mass is 441 g/mol. The van der Waals surface area contributed by atoms with E-state index in [1.807, 2.05) is 24.3 Å². The van der Waals surface area contributed by atoms with Gasteiger partial charge < -0.3 is 19.1 Å². The van der Waals surface area contributed by atoms with Gasteiger partial charge >= 0.3 is 5.97 Å². The summed E-state index contributed by atoms with van der Waals surface area (Å²) >= 11 is 1.27. The third-order valence-corrected chi connectivity index (χ3v) is 5.81. The molecule has 0 bridgehead atoms. The van der Waals surface area contributed by atoms with Crippen LogP contribution in [0.5, 0.6) is 11.5 Å². The summed E-state index contributed by atoms with van der Waals surface area (Å²) in [5, 5.41) is 0. The number of rotatable bonds is 6. The van der Waals surface area contributed by atoms with Crippen LogP contribution < -0.4 is 9.47 Å². The Morgan fingerprint density at radius 1 is 1.06 bits per heavy atom. The van der Waals surface area contributed by atoms with Crippen LogP contribution in [0.3, 0.4) is 0 Å². The molecule has 0 atom stereocenters. The Labute approximate surface area is 182 Å². The normalized spacial score (nSPS) is 12.3. The molecule has 4 rings (SSSR count). The highest BCUT2D eigenvalue weighted by atomic mass is 32.1. The van der Waals surface area contributed by atoms with Crippen molar-refractivity contribution < 1.29 is 28.2 Å². The molecule has 0 N–H and O–H groups in total. The highest BCUT2D eigenvalue weighted by molar-refractivity contribution is 7.17. The average Bonchev–Trinajstić information content (AvgIpc) is 3.27. The molecule has 0 radical (unpaired) electrons. The van der Waals surface area contributed by atoms with Crippen LogP contribution in [0.15, 0.2) is 54.6 Å². The number of hydrogen-bond acceptors (Lipinski definition) is 6. The Hall–Kier alpha value is -3.39. The maximum Gasteiger partial charge on any atom is 0.348 e. The van der Waals surface area contributed by atoms with Gasteiger partial charge in [-0.3, -0.25) is 4.79 Å². The molecule has 1 aliphatic heterocycles. The quantitative estimate of drug-likeness (QED) is 0.538. The second kappa shape index (κ2) is 9.18. The fraction of sp³-hybridized carbons (Fsp3) is 0.217. The lowest BCUT2D eigenvalue weighted by atomic mass is 10.1. The van der Waals surface area contributed by atoms with Gasteiger partial charge in [0.25, 0.3) is 5.91 Å². The van der Waals surface area contributed by atoms with Gasteiger partial charge in [-0.05, 0) is 53.6 Å². The molecule has 1 aliphatic rings. The van der Waals surface area contributed by atoms with Gasteiger partial charge in [-0.1, -0.05) is 12.1 Å². The molecule has 1 amide bonds. The van der Waals surface area contributed by atoms with Gasteiger partial charge in [-0.25, -0.2) is 9.18 Å². The van der Waals surface area contributed by atoms with Crippen molar-refractivity contribution in [1.82, 2.24) is 4.90 Å². The van der Waals surface area contributed by atoms with Gasteiger partial charge in [0.05, 0.1) is 0 Å². The Bertz CT molecular complexity index is 1110. The van der Waals surface area contributed by atoms with Crippen molar-refractivity contribution in [1.29, 1.82) is 0 Å². The predicted molar refractivity (Wildman–Crippen MR) is 114 cm³/mol. The minimum atomic E-state index is -0.568. The third-order valence-electron chi connectivity index (χ3n) is 4.70. The van der Waals surface area contributed by atoms with Crippen molar-refractivity contribution in [3.05, 3.63) is 70.9 Å². The molecule has 31 heavy (non-hydrogen) atoms. The van der Waals surface area contributed by atoms with Crippen LogP contribution in [-0.2, 0) is 16.1 Å². The van der Waals surface area contributed by atoms with Crippen molar-refractivity contribution in [3.63, 3.8) is 0 Å². The zero-order valence-corrected chi connectivity index (χ0v) is 17.6. The summed E-state index contributed by atoms with van der Waals surface area (Å²) in [6, 6.07) is 15.1. The summed E-state index contributed by atoms with van der Waals surface area (Å²) in [6.07, 6.45) is 0. The smallest absolute Gasteiger partial charge is 0.348 e. The molecule has 2 heterocycles. The minimum Gasteiger partial charge on any atom is -0.486 e. The molecule has 1 aromatic heterocycles. The number of fused-ring (bicyclic) bond motifs is 1. The van der Waals surface area contributed by atoms with E-state index in [0.29, 0.717) is 35.2 Å². The molecule has 0 unspecified atom stereocenters. The fourth-order valence-electron chi connectivity index (χ4n) is 3.11. The van der Waals surface area contributed by atoms with Gasteiger partial charge in [-0.15, -0.1) is 11.3 Å². The van der Waals surface area contributed by atoms with Crippen molar-refractivity contribution in [2.75, 3.05) is 26.9 Å². The Morgan fingerprint density at radius 2 is 1.87 bits per heavy atom. The van der Waals surface area contributed by atoms with Crippen LogP contribution in [0.25, 0.3) is 10.4 Å². The van der Waals surface area contributed by atoms with Crippen molar-refractivity contribution in [3.8, 4) is 21.9 Å². The van der Waals surface area contributed by atoms with Gasteiger partial charge in [0.1, 0.15) is 23.9 Å². The van der Waals surface area contributed by atoms with Gasteiger partial charge in [0.15, 0.2) is 18.1 Å². The molecule has 0 saturated carbocycles. The van der Waals surface area contributed by atoms with E-state index < -0.39 is 5.97 Å². The van der Waals surface area contributed by atoms with E-state index in [2.05, 4.69) is 0 Å². The first-order valence-corrected chi connectivity index (χ1v) is 10.5. The number of nitrogens with zero attached hydrogens (tertiary/aromatic N) is 1. The summed E-state index contributed by atoms with van der Waals surface area (Å²) < 4.78 is 29.6. The number of thiophene rings is 1. The third kappa shape index (κ3) is 5.03. The summed E-state index contributed by atoms with van der Waals surface area (Å²) in [6.45, 7) is 0.862. The topological polar surface area (TPSA) is 65.1 Å². The molecule has 0 aliphatic carbocycles. The standard InChI is InChI=1S/C23H20FNO5S/c1-25(13-15-3-2-4-17(24)11-15)22(26)14-30-23(27)21-8-7-20(31-21)16-5-6-18-19(12-16)29-10-9-28-18/h2-8,11-12H,9-10,13-14H2,1H3. The second-order valence-electron chi connectivity index (χ2n) is 6.98. The van der Waals surface area contributed by atoms with Crippen molar-refractivity contribution in [2.24, 2.45) is 0 Å². The van der Waals surface area contributed by atoms with Crippen LogP contribution >= 0.6 is 11.3 Å². The number of likely N-dealkylation sites (N-methyl/N-ethyl adjacent to an activating group) is 1. The van der Waals surface area contributed by atoms with Gasteiger partial charge in [0, 0.05) is 18.5 Å². The summed E-state index contributed by atoms with van der Waals surface area (Å²) in [4.78, 5) is 27.3. The molecule has 160 valence electrons. The van der Waals surface area contributed by atoms with Crippen LogP contribution in [0, 0.1) is 5.82 Å². The van der Waals surface area contributed by atoms with Crippen LogP contribution in [0.4, 0.5) is 4.39 Å². The van der Waals surface area contributed by atoms with E-state index in [-0.39, 0.29) is 24.9 Å².